The van der Waals surface area contributed by atoms with E-state index in [1.165, 1.54) is 0 Å². The second kappa shape index (κ2) is 7.63. The van der Waals surface area contributed by atoms with Crippen LogP contribution in [0.5, 0.6) is 0 Å². The summed E-state index contributed by atoms with van der Waals surface area (Å²) >= 11 is 0. The molecular formula is C22H25N3O2. The molecule has 2 amide bonds. The van der Waals surface area contributed by atoms with Crippen molar-refractivity contribution in [1.82, 2.24) is 0 Å². The van der Waals surface area contributed by atoms with Gasteiger partial charge in [-0.2, -0.15) is 5.26 Å². The molecule has 0 spiro atoms. The third-order valence-corrected chi connectivity index (χ3v) is 4.44. The molecule has 0 aliphatic carbocycles. The van der Waals surface area contributed by atoms with Gasteiger partial charge in [-0.1, -0.05) is 45.0 Å². The van der Waals surface area contributed by atoms with E-state index in [1.54, 1.807) is 38.1 Å². The number of para-hydroxylation sites is 1. The standard InChI is InChI=1S/C22H25N3O2/c1-21(2,3)16-10-12-17(13-11-16)24-19(26)22(4,5)20(27)25-18-9-7-6-8-15(18)14-23/h6-13H,1-5H3,(H,24,26)(H,25,27). The molecule has 0 atom stereocenters. The Morgan fingerprint density at radius 2 is 1.41 bits per heavy atom. The van der Waals surface area contributed by atoms with E-state index in [9.17, 15) is 9.59 Å². The minimum atomic E-state index is -1.31. The maximum atomic E-state index is 12.7. The summed E-state index contributed by atoms with van der Waals surface area (Å²) in [7, 11) is 0. The van der Waals surface area contributed by atoms with Crippen LogP contribution < -0.4 is 10.6 Å². The van der Waals surface area contributed by atoms with E-state index in [0.717, 1.165) is 5.56 Å². The average molecular weight is 363 g/mol. The smallest absolute Gasteiger partial charge is 0.239 e. The predicted molar refractivity (Wildman–Crippen MR) is 107 cm³/mol. The third-order valence-electron chi connectivity index (χ3n) is 4.44. The molecule has 0 aromatic heterocycles. The minimum absolute atomic E-state index is 0.0236. The first-order valence-corrected chi connectivity index (χ1v) is 8.78. The number of rotatable bonds is 4. The normalized spacial score (nSPS) is 11.4. The highest BCUT2D eigenvalue weighted by Crippen LogP contribution is 2.26. The summed E-state index contributed by atoms with van der Waals surface area (Å²) in [6.45, 7) is 9.46. The maximum absolute atomic E-state index is 12.7. The topological polar surface area (TPSA) is 82.0 Å². The van der Waals surface area contributed by atoms with Gasteiger partial charge in [-0.05, 0) is 49.1 Å². The molecule has 0 fully saturated rings. The van der Waals surface area contributed by atoms with E-state index >= 15 is 0 Å². The van der Waals surface area contributed by atoms with Crippen LogP contribution in [-0.4, -0.2) is 11.8 Å². The first-order valence-electron chi connectivity index (χ1n) is 8.78. The molecule has 5 heteroatoms. The van der Waals surface area contributed by atoms with Crippen molar-refractivity contribution in [2.75, 3.05) is 10.6 Å². The van der Waals surface area contributed by atoms with Gasteiger partial charge >= 0.3 is 0 Å². The van der Waals surface area contributed by atoms with Crippen LogP contribution in [0.2, 0.25) is 0 Å². The molecule has 0 bridgehead atoms. The van der Waals surface area contributed by atoms with Crippen molar-refractivity contribution in [2.24, 2.45) is 5.41 Å². The Balaban J connectivity index is 2.12. The molecule has 0 aliphatic heterocycles. The van der Waals surface area contributed by atoms with Crippen LogP contribution in [0.3, 0.4) is 0 Å². The van der Waals surface area contributed by atoms with Crippen molar-refractivity contribution in [3.63, 3.8) is 0 Å². The molecule has 0 radical (unpaired) electrons. The summed E-state index contributed by atoms with van der Waals surface area (Å²) in [6.07, 6.45) is 0. The second-order valence-electron chi connectivity index (χ2n) is 8.02. The van der Waals surface area contributed by atoms with Crippen LogP contribution in [0.15, 0.2) is 48.5 Å². The van der Waals surface area contributed by atoms with Crippen LogP contribution in [0.1, 0.15) is 45.7 Å². The average Bonchev–Trinajstić information content (AvgIpc) is 2.61. The van der Waals surface area contributed by atoms with Crippen LogP contribution in [0, 0.1) is 16.7 Å². The number of benzene rings is 2. The Labute approximate surface area is 160 Å². The molecule has 5 nitrogen and oxygen atoms in total. The summed E-state index contributed by atoms with van der Waals surface area (Å²) in [5, 5.41) is 14.6. The Kier molecular flexibility index (Phi) is 5.70. The van der Waals surface area contributed by atoms with Gasteiger partial charge in [0.2, 0.25) is 11.8 Å². The van der Waals surface area contributed by atoms with Crippen molar-refractivity contribution < 1.29 is 9.59 Å². The number of amides is 2. The van der Waals surface area contributed by atoms with E-state index < -0.39 is 17.2 Å². The Hall–Kier alpha value is -3.13. The third kappa shape index (κ3) is 4.73. The summed E-state index contributed by atoms with van der Waals surface area (Å²) in [5.41, 5.74) is 1.23. The lowest BCUT2D eigenvalue weighted by Crippen LogP contribution is -2.41. The van der Waals surface area contributed by atoms with Gasteiger partial charge in [0.25, 0.3) is 0 Å². The van der Waals surface area contributed by atoms with Crippen molar-refractivity contribution in [3.05, 3.63) is 59.7 Å². The lowest BCUT2D eigenvalue weighted by Gasteiger charge is -2.23. The van der Waals surface area contributed by atoms with Gasteiger partial charge in [-0.3, -0.25) is 9.59 Å². The van der Waals surface area contributed by atoms with E-state index in [-0.39, 0.29) is 5.41 Å². The Morgan fingerprint density at radius 3 is 1.96 bits per heavy atom. The number of hydrogen-bond acceptors (Lipinski definition) is 3. The van der Waals surface area contributed by atoms with Gasteiger partial charge in [0.15, 0.2) is 0 Å². The number of nitrogens with one attached hydrogen (secondary N) is 2. The molecule has 2 aromatic carbocycles. The highest BCUT2D eigenvalue weighted by molar-refractivity contribution is 6.14. The van der Waals surface area contributed by atoms with Gasteiger partial charge in [0.1, 0.15) is 11.5 Å². The van der Waals surface area contributed by atoms with Crippen molar-refractivity contribution in [1.29, 1.82) is 5.26 Å². The van der Waals surface area contributed by atoms with E-state index in [2.05, 4.69) is 31.4 Å². The minimum Gasteiger partial charge on any atom is -0.325 e. The van der Waals surface area contributed by atoms with Gasteiger partial charge in [0, 0.05) is 5.69 Å². The number of nitriles is 1. The number of anilines is 2. The molecule has 2 aromatic rings. The van der Waals surface area contributed by atoms with E-state index in [1.807, 2.05) is 30.3 Å². The molecule has 0 saturated heterocycles. The van der Waals surface area contributed by atoms with Crippen LogP contribution >= 0.6 is 0 Å². The van der Waals surface area contributed by atoms with Crippen molar-refractivity contribution in [2.45, 2.75) is 40.0 Å². The molecule has 0 saturated carbocycles. The summed E-state index contributed by atoms with van der Waals surface area (Å²) in [4.78, 5) is 25.3. The van der Waals surface area contributed by atoms with Crippen LogP contribution in [-0.2, 0) is 15.0 Å². The summed E-state index contributed by atoms with van der Waals surface area (Å²) in [6, 6.07) is 16.3. The molecule has 0 aliphatic rings. The summed E-state index contributed by atoms with van der Waals surface area (Å²) < 4.78 is 0. The number of nitrogens with zero attached hydrogens (tertiary/aromatic N) is 1. The number of carbonyl (C=O) groups excluding carboxylic acids is 2. The highest BCUT2D eigenvalue weighted by Gasteiger charge is 2.36. The van der Waals surface area contributed by atoms with Gasteiger partial charge in [-0.25, -0.2) is 0 Å². The fourth-order valence-electron chi connectivity index (χ4n) is 2.41. The van der Waals surface area contributed by atoms with Gasteiger partial charge < -0.3 is 10.6 Å². The first-order chi connectivity index (χ1) is 12.6. The fourth-order valence-corrected chi connectivity index (χ4v) is 2.41. The molecule has 2 N–H and O–H groups in total. The zero-order chi connectivity index (χ0) is 20.2. The zero-order valence-electron chi connectivity index (χ0n) is 16.4. The van der Waals surface area contributed by atoms with Crippen LogP contribution in [0.4, 0.5) is 11.4 Å². The molecule has 27 heavy (non-hydrogen) atoms. The lowest BCUT2D eigenvalue weighted by atomic mass is 9.87. The second-order valence-corrected chi connectivity index (χ2v) is 8.02. The quantitative estimate of drug-likeness (QED) is 0.787. The zero-order valence-corrected chi connectivity index (χ0v) is 16.4. The summed E-state index contributed by atoms with van der Waals surface area (Å²) in [5.74, 6) is -0.896. The maximum Gasteiger partial charge on any atom is 0.239 e. The van der Waals surface area contributed by atoms with Crippen molar-refractivity contribution >= 4 is 23.2 Å². The SMILES string of the molecule is CC(C)(C(=O)Nc1ccc(C(C)(C)C)cc1)C(=O)Nc1ccccc1C#N. The van der Waals surface area contributed by atoms with E-state index in [0.29, 0.717) is 16.9 Å². The van der Waals surface area contributed by atoms with Gasteiger partial charge in [-0.15, -0.1) is 0 Å². The van der Waals surface area contributed by atoms with E-state index in [4.69, 9.17) is 5.26 Å². The number of carbonyl (C=O) groups is 2. The van der Waals surface area contributed by atoms with Gasteiger partial charge in [0.05, 0.1) is 11.3 Å². The molecule has 0 unspecified atom stereocenters. The Morgan fingerprint density at radius 1 is 0.852 bits per heavy atom. The highest BCUT2D eigenvalue weighted by atomic mass is 16.2. The predicted octanol–water partition coefficient (Wildman–Crippen LogP) is 4.46. The van der Waals surface area contributed by atoms with Crippen molar-refractivity contribution in [3.8, 4) is 6.07 Å². The molecule has 140 valence electrons. The molecule has 2 rings (SSSR count). The fraction of sp³-hybridized carbons (Fsp3) is 0.318. The lowest BCUT2D eigenvalue weighted by molar-refractivity contribution is -0.135. The monoisotopic (exact) mass is 363 g/mol. The Bertz CT molecular complexity index is 885. The van der Waals surface area contributed by atoms with Crippen LogP contribution in [0.25, 0.3) is 0 Å². The molecular weight excluding hydrogens is 338 g/mol. The largest absolute Gasteiger partial charge is 0.325 e. The first kappa shape index (κ1) is 20.2. The number of hydrogen-bond donors (Lipinski definition) is 2. The molecule has 0 heterocycles.